The number of aromatic nitrogens is 4. The zero-order valence-corrected chi connectivity index (χ0v) is 16.2. The van der Waals surface area contributed by atoms with Gasteiger partial charge in [-0.3, -0.25) is 14.5 Å². The first-order chi connectivity index (χ1) is 12.5. The van der Waals surface area contributed by atoms with Gasteiger partial charge in [0.1, 0.15) is 0 Å². The lowest BCUT2D eigenvalue weighted by Gasteiger charge is -2.22. The summed E-state index contributed by atoms with van der Waals surface area (Å²) < 4.78 is 1.69. The molecule has 0 N–H and O–H groups in total. The van der Waals surface area contributed by atoms with Crippen LogP contribution in [-0.4, -0.2) is 48.7 Å². The third-order valence-corrected chi connectivity index (χ3v) is 5.63. The molecule has 0 spiro atoms. The van der Waals surface area contributed by atoms with Gasteiger partial charge in [0, 0.05) is 17.1 Å². The Balaban J connectivity index is 1.80. The van der Waals surface area contributed by atoms with E-state index in [-0.39, 0.29) is 23.1 Å². The quantitative estimate of drug-likeness (QED) is 0.742. The van der Waals surface area contributed by atoms with Crippen LogP contribution in [0.3, 0.4) is 0 Å². The fourth-order valence-corrected chi connectivity index (χ4v) is 4.11. The van der Waals surface area contributed by atoms with E-state index in [1.165, 1.54) is 16.7 Å². The molecule has 0 aliphatic carbocycles. The van der Waals surface area contributed by atoms with Crippen molar-refractivity contribution in [1.29, 1.82) is 0 Å². The molecule has 0 saturated carbocycles. The molecule has 1 unspecified atom stereocenters. The molecule has 3 rings (SSSR count). The minimum atomic E-state index is -0.378. The van der Waals surface area contributed by atoms with Gasteiger partial charge in [-0.15, -0.1) is 5.10 Å². The highest BCUT2D eigenvalue weighted by atomic mass is 35.5. The number of tetrazole rings is 1. The molecule has 2 aromatic rings. The minimum Gasteiger partial charge on any atom is -0.278 e. The van der Waals surface area contributed by atoms with Crippen LogP contribution in [0.25, 0.3) is 0 Å². The predicted molar refractivity (Wildman–Crippen MR) is 99.2 cm³/mol. The lowest BCUT2D eigenvalue weighted by molar-refractivity contribution is -0.127. The van der Waals surface area contributed by atoms with Crippen molar-refractivity contribution < 1.29 is 9.59 Å². The average molecular weight is 394 g/mol. The van der Waals surface area contributed by atoms with E-state index in [9.17, 15) is 9.59 Å². The maximum absolute atomic E-state index is 13.0. The number of likely N-dealkylation sites (tertiary alicyclic amines) is 1. The smallest absolute Gasteiger partial charge is 0.260 e. The number of hydrogen-bond donors (Lipinski definition) is 0. The van der Waals surface area contributed by atoms with E-state index in [4.69, 9.17) is 11.6 Å². The van der Waals surface area contributed by atoms with Crippen LogP contribution in [0.4, 0.5) is 0 Å². The van der Waals surface area contributed by atoms with E-state index in [0.717, 1.165) is 12.8 Å². The summed E-state index contributed by atoms with van der Waals surface area (Å²) in [5.41, 5.74) is 0.459. The van der Waals surface area contributed by atoms with Crippen LogP contribution in [0, 0.1) is 0 Å². The highest BCUT2D eigenvalue weighted by Crippen LogP contribution is 2.30. The fraction of sp³-hybridized carbons (Fsp3) is 0.471. The van der Waals surface area contributed by atoms with E-state index >= 15 is 0 Å². The summed E-state index contributed by atoms with van der Waals surface area (Å²) in [5.74, 6) is -0.478. The van der Waals surface area contributed by atoms with Gasteiger partial charge in [0.05, 0.1) is 11.3 Å². The molecule has 26 heavy (non-hydrogen) atoms. The van der Waals surface area contributed by atoms with Gasteiger partial charge < -0.3 is 0 Å². The van der Waals surface area contributed by atoms with Gasteiger partial charge in [0.2, 0.25) is 11.1 Å². The van der Waals surface area contributed by atoms with Crippen molar-refractivity contribution in [3.05, 3.63) is 34.9 Å². The SMILES string of the molecule is CC(C)n1nnnc1SC1CCCCN(C(=O)c2ccc(Cl)cc2)C1=O. The minimum absolute atomic E-state index is 0.0974. The summed E-state index contributed by atoms with van der Waals surface area (Å²) in [6.07, 6.45) is 2.35. The van der Waals surface area contributed by atoms with Gasteiger partial charge in [-0.2, -0.15) is 0 Å². The number of halogens is 1. The van der Waals surface area contributed by atoms with Crippen molar-refractivity contribution in [3.8, 4) is 0 Å². The molecule has 1 aliphatic rings. The number of amides is 2. The first-order valence-electron chi connectivity index (χ1n) is 8.53. The van der Waals surface area contributed by atoms with E-state index in [2.05, 4.69) is 15.5 Å². The van der Waals surface area contributed by atoms with Crippen molar-refractivity contribution in [3.63, 3.8) is 0 Å². The van der Waals surface area contributed by atoms with Crippen LogP contribution in [0.1, 0.15) is 49.5 Å². The van der Waals surface area contributed by atoms with Crippen molar-refractivity contribution in [2.75, 3.05) is 6.54 Å². The molecule has 1 saturated heterocycles. The van der Waals surface area contributed by atoms with Crippen molar-refractivity contribution in [2.24, 2.45) is 0 Å². The summed E-state index contributed by atoms with van der Waals surface area (Å²) >= 11 is 7.21. The van der Waals surface area contributed by atoms with Gasteiger partial charge in [-0.25, -0.2) is 4.68 Å². The van der Waals surface area contributed by atoms with Gasteiger partial charge in [-0.1, -0.05) is 29.8 Å². The van der Waals surface area contributed by atoms with Crippen LogP contribution < -0.4 is 0 Å². The molecule has 7 nitrogen and oxygen atoms in total. The Labute approximate surface area is 161 Å². The Morgan fingerprint density at radius 2 is 2.00 bits per heavy atom. The molecular formula is C17H20ClN5O2S. The summed E-state index contributed by atoms with van der Waals surface area (Å²) in [7, 11) is 0. The zero-order chi connectivity index (χ0) is 18.7. The number of benzene rings is 1. The molecule has 1 aromatic heterocycles. The molecule has 0 radical (unpaired) electrons. The van der Waals surface area contributed by atoms with Crippen LogP contribution in [-0.2, 0) is 4.79 Å². The molecule has 1 atom stereocenters. The Morgan fingerprint density at radius 1 is 1.27 bits per heavy atom. The molecule has 2 heterocycles. The largest absolute Gasteiger partial charge is 0.278 e. The van der Waals surface area contributed by atoms with Crippen molar-refractivity contribution >= 4 is 35.2 Å². The van der Waals surface area contributed by atoms with Crippen LogP contribution >= 0.6 is 23.4 Å². The molecule has 0 bridgehead atoms. The molecule has 1 aliphatic heterocycles. The normalized spacial score (nSPS) is 18.2. The molecule has 1 fully saturated rings. The number of hydrogen-bond acceptors (Lipinski definition) is 6. The monoisotopic (exact) mass is 393 g/mol. The molecule has 138 valence electrons. The van der Waals surface area contributed by atoms with E-state index in [0.29, 0.717) is 28.7 Å². The second-order valence-electron chi connectivity index (χ2n) is 6.40. The van der Waals surface area contributed by atoms with Crippen LogP contribution in [0.5, 0.6) is 0 Å². The third kappa shape index (κ3) is 4.07. The second-order valence-corrected chi connectivity index (χ2v) is 8.01. The van der Waals surface area contributed by atoms with Crippen LogP contribution in [0.2, 0.25) is 5.02 Å². The molecule has 2 amide bonds. The van der Waals surface area contributed by atoms with E-state index in [1.54, 1.807) is 28.9 Å². The molecule has 9 heteroatoms. The Kier molecular flexibility index (Phi) is 5.93. The number of rotatable bonds is 4. The first-order valence-corrected chi connectivity index (χ1v) is 9.79. The number of carbonyl (C=O) groups excluding carboxylic acids is 2. The van der Waals surface area contributed by atoms with Gasteiger partial charge in [0.15, 0.2) is 0 Å². The van der Waals surface area contributed by atoms with Crippen molar-refractivity contribution in [2.45, 2.75) is 49.6 Å². The number of imide groups is 1. The highest BCUT2D eigenvalue weighted by Gasteiger charge is 2.33. The van der Waals surface area contributed by atoms with Gasteiger partial charge in [0.25, 0.3) is 5.91 Å². The number of thioether (sulfide) groups is 1. The predicted octanol–water partition coefficient (Wildman–Crippen LogP) is 3.22. The Bertz CT molecular complexity index is 793. The first kappa shape index (κ1) is 18.8. The highest BCUT2D eigenvalue weighted by molar-refractivity contribution is 8.00. The maximum Gasteiger partial charge on any atom is 0.260 e. The van der Waals surface area contributed by atoms with Crippen molar-refractivity contribution in [1.82, 2.24) is 25.1 Å². The van der Waals surface area contributed by atoms with E-state index in [1.807, 2.05) is 13.8 Å². The van der Waals surface area contributed by atoms with Crippen LogP contribution in [0.15, 0.2) is 29.4 Å². The summed E-state index contributed by atoms with van der Waals surface area (Å²) in [4.78, 5) is 27.2. The lowest BCUT2D eigenvalue weighted by atomic mass is 10.2. The third-order valence-electron chi connectivity index (χ3n) is 4.18. The second kappa shape index (κ2) is 8.18. The Hall–Kier alpha value is -1.93. The zero-order valence-electron chi connectivity index (χ0n) is 14.6. The standard InChI is InChI=1S/C17H20ClN5O2S/c1-11(2)23-17(19-20-21-23)26-14-5-3-4-10-22(16(14)25)15(24)12-6-8-13(18)9-7-12/h6-9,11,14H,3-5,10H2,1-2H3. The molecule has 1 aromatic carbocycles. The summed E-state index contributed by atoms with van der Waals surface area (Å²) in [6.45, 7) is 4.38. The topological polar surface area (TPSA) is 81.0 Å². The average Bonchev–Trinajstić information content (AvgIpc) is 3.01. The maximum atomic E-state index is 13.0. The summed E-state index contributed by atoms with van der Waals surface area (Å²) in [6, 6.07) is 6.69. The summed E-state index contributed by atoms with van der Waals surface area (Å²) in [5, 5.41) is 12.5. The lowest BCUT2D eigenvalue weighted by Crippen LogP contribution is -2.41. The van der Waals surface area contributed by atoms with Gasteiger partial charge >= 0.3 is 0 Å². The Morgan fingerprint density at radius 3 is 2.69 bits per heavy atom. The molecular weight excluding hydrogens is 374 g/mol. The fourth-order valence-electron chi connectivity index (χ4n) is 2.78. The number of nitrogens with zero attached hydrogens (tertiary/aromatic N) is 5. The van der Waals surface area contributed by atoms with E-state index < -0.39 is 0 Å². The van der Waals surface area contributed by atoms with Gasteiger partial charge in [-0.05, 0) is 61.4 Å². The number of carbonyl (C=O) groups is 2.